The Labute approximate surface area is 167 Å². The van der Waals surface area contributed by atoms with E-state index >= 15 is 0 Å². The first-order chi connectivity index (χ1) is 13.8. The van der Waals surface area contributed by atoms with Crippen molar-refractivity contribution in [2.75, 3.05) is 20.3 Å². The van der Waals surface area contributed by atoms with Gasteiger partial charge in [-0.2, -0.15) is 13.2 Å². The number of hydrogen-bond acceptors (Lipinski definition) is 5. The summed E-state index contributed by atoms with van der Waals surface area (Å²) in [5.74, 6) is 0.207. The van der Waals surface area contributed by atoms with Gasteiger partial charge in [0, 0.05) is 12.1 Å². The van der Waals surface area contributed by atoms with E-state index in [0.29, 0.717) is 17.9 Å². The Kier molecular flexibility index (Phi) is 7.90. The fourth-order valence-corrected chi connectivity index (χ4v) is 2.77. The van der Waals surface area contributed by atoms with Crippen molar-refractivity contribution in [3.8, 4) is 17.2 Å². The van der Waals surface area contributed by atoms with Crippen LogP contribution in [-0.2, 0) is 28.7 Å². The number of hydrogen-bond donors (Lipinski definition) is 1. The average Bonchev–Trinajstić information content (AvgIpc) is 2.66. The monoisotopic (exact) mass is 411 g/mol. The van der Waals surface area contributed by atoms with Crippen LogP contribution in [0.1, 0.15) is 30.5 Å². The Hall–Kier alpha value is -2.74. The predicted molar refractivity (Wildman–Crippen MR) is 102 cm³/mol. The summed E-state index contributed by atoms with van der Waals surface area (Å²) in [6.07, 6.45) is -4.50. The maximum Gasteiger partial charge on any atom is 0.416 e. The molecule has 0 radical (unpaired) electrons. The minimum atomic E-state index is -4.51. The summed E-state index contributed by atoms with van der Waals surface area (Å²) in [6, 6.07) is 8.62. The van der Waals surface area contributed by atoms with E-state index in [2.05, 4.69) is 5.32 Å². The highest BCUT2D eigenvalue weighted by atomic mass is 19.4. The summed E-state index contributed by atoms with van der Waals surface area (Å²) in [4.78, 5) is 11.7. The van der Waals surface area contributed by atoms with Crippen LogP contribution in [0.15, 0.2) is 36.4 Å². The Morgan fingerprint density at radius 3 is 2.45 bits per heavy atom. The Morgan fingerprint density at radius 1 is 1.07 bits per heavy atom. The zero-order valence-electron chi connectivity index (χ0n) is 16.6. The third-order valence-corrected chi connectivity index (χ3v) is 4.09. The smallest absolute Gasteiger partial charge is 0.416 e. The zero-order valence-corrected chi connectivity index (χ0v) is 16.6. The highest BCUT2D eigenvalue weighted by Crippen LogP contribution is 2.39. The van der Waals surface area contributed by atoms with Crippen molar-refractivity contribution in [3.63, 3.8) is 0 Å². The molecule has 2 aromatic rings. The molecule has 0 aliphatic rings. The molecule has 29 heavy (non-hydrogen) atoms. The number of halogens is 3. The third-order valence-electron chi connectivity index (χ3n) is 4.09. The van der Waals surface area contributed by atoms with Crippen LogP contribution in [0, 0.1) is 0 Å². The fraction of sp³-hybridized carbons (Fsp3) is 0.381. The summed E-state index contributed by atoms with van der Waals surface area (Å²) in [6.45, 7) is 4.27. The van der Waals surface area contributed by atoms with Gasteiger partial charge in [0.15, 0.2) is 11.5 Å². The van der Waals surface area contributed by atoms with Gasteiger partial charge in [-0.15, -0.1) is 0 Å². The highest BCUT2D eigenvalue weighted by molar-refractivity contribution is 5.73. The quantitative estimate of drug-likeness (QED) is 0.605. The van der Waals surface area contributed by atoms with Crippen molar-refractivity contribution in [2.24, 2.45) is 0 Å². The van der Waals surface area contributed by atoms with E-state index in [1.54, 1.807) is 32.0 Å². The molecule has 0 aliphatic carbocycles. The molecule has 0 unspecified atom stereocenters. The lowest BCUT2D eigenvalue weighted by Gasteiger charge is -2.19. The summed E-state index contributed by atoms with van der Waals surface area (Å²) >= 11 is 0. The molecule has 5 nitrogen and oxygen atoms in total. The Morgan fingerprint density at radius 2 is 1.83 bits per heavy atom. The lowest BCUT2D eigenvalue weighted by Crippen LogP contribution is -2.18. The maximum atomic E-state index is 13.5. The summed E-state index contributed by atoms with van der Waals surface area (Å²) in [5.41, 5.74) is -0.170. The molecular formula is C21H24F3NO4. The minimum absolute atomic E-state index is 0.000279. The van der Waals surface area contributed by atoms with Gasteiger partial charge in [-0.1, -0.05) is 19.1 Å². The van der Waals surface area contributed by atoms with Gasteiger partial charge in [-0.3, -0.25) is 4.79 Å². The summed E-state index contributed by atoms with van der Waals surface area (Å²) < 4.78 is 56.4. The van der Waals surface area contributed by atoms with Crippen molar-refractivity contribution in [2.45, 2.75) is 33.0 Å². The molecule has 0 heterocycles. The van der Waals surface area contributed by atoms with Gasteiger partial charge in [-0.25, -0.2) is 0 Å². The second kappa shape index (κ2) is 10.2. The minimum Gasteiger partial charge on any atom is -0.493 e. The van der Waals surface area contributed by atoms with Gasteiger partial charge in [0.05, 0.1) is 25.7 Å². The first kappa shape index (κ1) is 22.5. The number of alkyl halides is 3. The number of carbonyl (C=O) groups excluding carboxylic acids is 1. The van der Waals surface area contributed by atoms with Gasteiger partial charge in [-0.05, 0) is 43.3 Å². The molecule has 158 valence electrons. The van der Waals surface area contributed by atoms with Crippen LogP contribution in [0.3, 0.4) is 0 Å². The third kappa shape index (κ3) is 6.12. The van der Waals surface area contributed by atoms with E-state index in [4.69, 9.17) is 14.2 Å². The number of rotatable bonds is 9. The standard InChI is InChI=1S/C21H24F3NO4/c1-4-25-13-15-16(21(22,23)24)7-6-8-17(15)29-19-11-14(9-10-18(19)27-3)12-20(26)28-5-2/h6-11,25H,4-5,12-13H2,1-3H3. The van der Waals surface area contributed by atoms with Crippen molar-refractivity contribution >= 4 is 5.97 Å². The molecule has 0 spiro atoms. The number of esters is 1. The van der Waals surface area contributed by atoms with Crippen LogP contribution in [0.2, 0.25) is 0 Å². The van der Waals surface area contributed by atoms with Gasteiger partial charge >= 0.3 is 12.1 Å². The van der Waals surface area contributed by atoms with Crippen LogP contribution < -0.4 is 14.8 Å². The maximum absolute atomic E-state index is 13.5. The van der Waals surface area contributed by atoms with Gasteiger partial charge in [0.1, 0.15) is 5.75 Å². The Bertz CT molecular complexity index is 837. The number of nitrogens with one attached hydrogen (secondary N) is 1. The lowest BCUT2D eigenvalue weighted by atomic mass is 10.1. The zero-order chi connectivity index (χ0) is 21.4. The van der Waals surface area contributed by atoms with E-state index < -0.39 is 17.7 Å². The van der Waals surface area contributed by atoms with Gasteiger partial charge in [0.25, 0.3) is 0 Å². The average molecular weight is 411 g/mol. The number of methoxy groups -OCH3 is 1. The fourth-order valence-electron chi connectivity index (χ4n) is 2.77. The van der Waals surface area contributed by atoms with Crippen molar-refractivity contribution < 1.29 is 32.2 Å². The van der Waals surface area contributed by atoms with Crippen molar-refractivity contribution in [3.05, 3.63) is 53.1 Å². The van der Waals surface area contributed by atoms with Gasteiger partial charge in [0.2, 0.25) is 0 Å². The topological polar surface area (TPSA) is 56.8 Å². The molecule has 0 saturated carbocycles. The molecule has 0 aromatic heterocycles. The molecule has 2 aromatic carbocycles. The SMILES string of the molecule is CCNCc1c(Oc2cc(CC(=O)OCC)ccc2OC)cccc1C(F)(F)F. The molecule has 0 amide bonds. The molecule has 8 heteroatoms. The second-order valence-electron chi connectivity index (χ2n) is 6.13. The normalized spacial score (nSPS) is 11.2. The van der Waals surface area contributed by atoms with Crippen LogP contribution in [0.5, 0.6) is 17.2 Å². The number of carbonyl (C=O) groups is 1. The van der Waals surface area contributed by atoms with Crippen molar-refractivity contribution in [1.82, 2.24) is 5.32 Å². The van der Waals surface area contributed by atoms with Crippen molar-refractivity contribution in [1.29, 1.82) is 0 Å². The van der Waals surface area contributed by atoms with Gasteiger partial charge < -0.3 is 19.5 Å². The molecule has 2 rings (SSSR count). The first-order valence-electron chi connectivity index (χ1n) is 9.20. The van der Waals surface area contributed by atoms with E-state index in [1.165, 1.54) is 19.2 Å². The largest absolute Gasteiger partial charge is 0.493 e. The molecule has 0 bridgehead atoms. The highest BCUT2D eigenvalue weighted by Gasteiger charge is 2.34. The predicted octanol–water partition coefficient (Wildman–Crippen LogP) is 4.72. The lowest BCUT2D eigenvalue weighted by molar-refractivity contribution is -0.142. The van der Waals surface area contributed by atoms with Crippen LogP contribution in [-0.4, -0.2) is 26.2 Å². The van der Waals surface area contributed by atoms with E-state index in [0.717, 1.165) is 6.07 Å². The number of ether oxygens (including phenoxy) is 3. The first-order valence-corrected chi connectivity index (χ1v) is 9.20. The van der Waals surface area contributed by atoms with Crippen LogP contribution >= 0.6 is 0 Å². The summed E-state index contributed by atoms with van der Waals surface area (Å²) in [5, 5.41) is 2.91. The molecule has 0 atom stereocenters. The van der Waals surface area contributed by atoms with Crippen LogP contribution in [0.4, 0.5) is 13.2 Å². The molecule has 0 aliphatic heterocycles. The molecular weight excluding hydrogens is 387 g/mol. The summed E-state index contributed by atoms with van der Waals surface area (Å²) in [7, 11) is 1.43. The van der Waals surface area contributed by atoms with E-state index in [1.807, 2.05) is 0 Å². The molecule has 1 N–H and O–H groups in total. The van der Waals surface area contributed by atoms with Crippen LogP contribution in [0.25, 0.3) is 0 Å². The second-order valence-corrected chi connectivity index (χ2v) is 6.13. The molecule has 0 saturated heterocycles. The Balaban J connectivity index is 2.42. The number of benzene rings is 2. The van der Waals surface area contributed by atoms with E-state index in [9.17, 15) is 18.0 Å². The molecule has 0 fully saturated rings. The van der Waals surface area contributed by atoms with E-state index in [-0.39, 0.29) is 36.6 Å².